The van der Waals surface area contributed by atoms with Crippen LogP contribution in [0.4, 0.5) is 44.3 Å². The minimum Gasteiger partial charge on any atom is -0.464 e. The van der Waals surface area contributed by atoms with Crippen molar-refractivity contribution in [3.8, 4) is 5.75 Å². The Balaban J connectivity index is 2.24. The lowest BCUT2D eigenvalue weighted by atomic mass is 9.77. The average Bonchev–Trinajstić information content (AvgIpc) is 2.91. The van der Waals surface area contributed by atoms with E-state index in [1.807, 2.05) is 0 Å². The van der Waals surface area contributed by atoms with Gasteiger partial charge in [0.1, 0.15) is 17.4 Å². The van der Waals surface area contributed by atoms with Gasteiger partial charge in [0.25, 0.3) is 0 Å². The van der Waals surface area contributed by atoms with E-state index in [1.165, 1.54) is 36.5 Å². The number of hydrogen-bond acceptors (Lipinski definition) is 4. The molecule has 0 aliphatic rings. The van der Waals surface area contributed by atoms with E-state index in [0.29, 0.717) is 23.8 Å². The number of rotatable bonds is 11. The second kappa shape index (κ2) is 13.3. The largest absolute Gasteiger partial charge is 0.464 e. The Bertz CT molecular complexity index is 1400. The van der Waals surface area contributed by atoms with E-state index in [2.05, 4.69) is 14.8 Å². The molecule has 0 spiro atoms. The molecule has 232 valence electrons. The molecule has 0 heterocycles. The zero-order valence-electron chi connectivity index (χ0n) is 22.0. The van der Waals surface area contributed by atoms with E-state index in [4.69, 9.17) is 0 Å². The van der Waals surface area contributed by atoms with Gasteiger partial charge in [-0.05, 0) is 47.9 Å². The molecule has 0 radical (unpaired) electrons. The molecular weight excluding hydrogens is 599 g/mol. The summed E-state index contributed by atoms with van der Waals surface area (Å²) in [6.07, 6.45) is -15.2. The van der Waals surface area contributed by atoms with Gasteiger partial charge in [-0.15, -0.1) is 0 Å². The van der Waals surface area contributed by atoms with Crippen LogP contribution in [-0.2, 0) is 21.5 Å². The average molecular weight is 622 g/mol. The Kier molecular flexibility index (Phi) is 10.2. The molecule has 2 amide bonds. The number of ether oxygens (including phenoxy) is 2. The van der Waals surface area contributed by atoms with E-state index in [1.54, 1.807) is 6.07 Å². The number of nitrogens with one attached hydrogen (secondary N) is 2. The summed E-state index contributed by atoms with van der Waals surface area (Å²) in [5.41, 5.74) is -2.44. The highest BCUT2D eigenvalue weighted by molar-refractivity contribution is 5.85. The maximum absolute atomic E-state index is 14.8. The molecule has 0 bridgehead atoms. The molecule has 1 unspecified atom stereocenters. The lowest BCUT2D eigenvalue weighted by Crippen LogP contribution is -2.58. The third kappa shape index (κ3) is 8.32. The van der Waals surface area contributed by atoms with Crippen LogP contribution in [0.25, 0.3) is 0 Å². The van der Waals surface area contributed by atoms with Crippen LogP contribution in [0.2, 0.25) is 0 Å². The molecular formula is C28H23F9N2O4. The van der Waals surface area contributed by atoms with Crippen LogP contribution in [0, 0.1) is 11.6 Å². The highest BCUT2D eigenvalue weighted by Crippen LogP contribution is 2.38. The Hall–Kier alpha value is -4.43. The van der Waals surface area contributed by atoms with Crippen LogP contribution in [0.1, 0.15) is 23.6 Å². The summed E-state index contributed by atoms with van der Waals surface area (Å²) in [6, 6.07) is 8.47. The van der Waals surface area contributed by atoms with Gasteiger partial charge >= 0.3 is 30.7 Å². The lowest BCUT2D eigenvalue weighted by molar-refractivity contribution is -0.253. The second-order valence-electron chi connectivity index (χ2n) is 9.04. The Labute approximate surface area is 238 Å². The van der Waals surface area contributed by atoms with E-state index < -0.39 is 78.3 Å². The number of carbonyl (C=O) groups is 2. The maximum Gasteiger partial charge on any atom is 0.461 e. The summed E-state index contributed by atoms with van der Waals surface area (Å²) in [5.74, 6) is -5.09. The zero-order valence-corrected chi connectivity index (χ0v) is 22.0. The number of esters is 1. The van der Waals surface area contributed by atoms with Crippen molar-refractivity contribution in [3.05, 3.63) is 101 Å². The van der Waals surface area contributed by atoms with Crippen LogP contribution < -0.4 is 15.4 Å². The SMILES string of the molecule is CCOC(=O)C(NC(=O)N[C@](Cc1ccccc1)(c1ccc(F)cc1)c1cc(F)cc(OC(F)(F)C(F)F)c1)C(F)(F)F. The Morgan fingerprint density at radius 2 is 1.47 bits per heavy atom. The minimum absolute atomic E-state index is 0.107. The number of hydrogen-bond donors (Lipinski definition) is 2. The highest BCUT2D eigenvalue weighted by Gasteiger charge is 2.49. The van der Waals surface area contributed by atoms with Crippen molar-refractivity contribution in [2.75, 3.05) is 6.61 Å². The normalized spacial score (nSPS) is 14.0. The summed E-state index contributed by atoms with van der Waals surface area (Å²) in [7, 11) is 0. The topological polar surface area (TPSA) is 76.7 Å². The number of benzene rings is 3. The number of urea groups is 1. The molecule has 2 N–H and O–H groups in total. The van der Waals surface area contributed by atoms with Crippen molar-refractivity contribution in [2.45, 2.75) is 43.6 Å². The van der Waals surface area contributed by atoms with E-state index >= 15 is 0 Å². The number of amides is 2. The number of halogens is 9. The van der Waals surface area contributed by atoms with E-state index in [-0.39, 0.29) is 5.56 Å². The third-order valence-corrected chi connectivity index (χ3v) is 5.97. The van der Waals surface area contributed by atoms with Crippen LogP contribution >= 0.6 is 0 Å². The van der Waals surface area contributed by atoms with E-state index in [0.717, 1.165) is 24.3 Å². The molecule has 0 aliphatic heterocycles. The number of alkyl halides is 7. The minimum atomic E-state index is -5.33. The fraction of sp³-hybridized carbons (Fsp3) is 0.286. The predicted octanol–water partition coefficient (Wildman–Crippen LogP) is 6.48. The third-order valence-electron chi connectivity index (χ3n) is 5.97. The lowest BCUT2D eigenvalue weighted by Gasteiger charge is -2.37. The molecule has 0 saturated heterocycles. The molecule has 15 heteroatoms. The standard InChI is InChI=1S/C28H23F9N2O4/c1-2-42-23(40)22(27(33,34)35)38-25(41)39-26(15-16-6-4-3-5-7-16,17-8-10-19(29)11-9-17)18-12-20(30)14-21(13-18)43-28(36,37)24(31)32/h3-14,22,24H,2,15H2,1H3,(H2,38,39,41)/t22?,26-/m1/s1. The van der Waals surface area contributed by atoms with E-state index in [9.17, 15) is 49.1 Å². The van der Waals surface area contributed by atoms with Crippen molar-refractivity contribution in [3.63, 3.8) is 0 Å². The Morgan fingerprint density at radius 3 is 2.02 bits per heavy atom. The Morgan fingerprint density at radius 1 is 0.837 bits per heavy atom. The molecule has 3 aromatic carbocycles. The van der Waals surface area contributed by atoms with Gasteiger partial charge in [-0.1, -0.05) is 42.5 Å². The monoisotopic (exact) mass is 622 g/mol. The highest BCUT2D eigenvalue weighted by atomic mass is 19.4. The van der Waals surface area contributed by atoms with Gasteiger partial charge in [0, 0.05) is 12.5 Å². The van der Waals surface area contributed by atoms with Crippen molar-refractivity contribution < 1.29 is 58.6 Å². The summed E-state index contributed by atoms with van der Waals surface area (Å²) in [6.45, 7) is 0.767. The molecule has 0 fully saturated rings. The molecule has 0 aromatic heterocycles. The summed E-state index contributed by atoms with van der Waals surface area (Å²) < 4.78 is 131. The first-order chi connectivity index (χ1) is 20.1. The van der Waals surface area contributed by atoms with Gasteiger partial charge in [-0.3, -0.25) is 0 Å². The first kappa shape index (κ1) is 33.1. The molecule has 0 saturated carbocycles. The van der Waals surface area contributed by atoms with Crippen LogP contribution in [0.5, 0.6) is 5.75 Å². The van der Waals surface area contributed by atoms with Crippen LogP contribution in [0.3, 0.4) is 0 Å². The summed E-state index contributed by atoms with van der Waals surface area (Å²) >= 11 is 0. The molecule has 3 rings (SSSR count). The van der Waals surface area contributed by atoms with Crippen LogP contribution in [-0.4, -0.2) is 43.4 Å². The first-order valence-corrected chi connectivity index (χ1v) is 12.4. The summed E-state index contributed by atoms with van der Waals surface area (Å²) in [5, 5.41) is 3.68. The zero-order chi connectivity index (χ0) is 32.0. The quantitative estimate of drug-likeness (QED) is 0.190. The fourth-order valence-electron chi connectivity index (χ4n) is 4.13. The van der Waals surface area contributed by atoms with Crippen LogP contribution in [0.15, 0.2) is 72.8 Å². The molecule has 3 aromatic rings. The van der Waals surface area contributed by atoms with Crippen molar-refractivity contribution in [1.29, 1.82) is 0 Å². The van der Waals surface area contributed by atoms with Gasteiger partial charge in [0.15, 0.2) is 0 Å². The molecule has 2 atom stereocenters. The smallest absolute Gasteiger partial charge is 0.461 e. The molecule has 6 nitrogen and oxygen atoms in total. The van der Waals surface area contributed by atoms with Crippen molar-refractivity contribution in [2.24, 2.45) is 0 Å². The maximum atomic E-state index is 14.8. The summed E-state index contributed by atoms with van der Waals surface area (Å²) in [4.78, 5) is 25.2. The van der Waals surface area contributed by atoms with Crippen molar-refractivity contribution in [1.82, 2.24) is 10.6 Å². The second-order valence-corrected chi connectivity index (χ2v) is 9.04. The fourth-order valence-corrected chi connectivity index (χ4v) is 4.13. The molecule has 43 heavy (non-hydrogen) atoms. The van der Waals surface area contributed by atoms with Gasteiger partial charge in [0.05, 0.1) is 12.1 Å². The van der Waals surface area contributed by atoms with Crippen molar-refractivity contribution >= 4 is 12.0 Å². The molecule has 0 aliphatic carbocycles. The van der Waals surface area contributed by atoms with Gasteiger partial charge in [0.2, 0.25) is 6.04 Å². The van der Waals surface area contributed by atoms with Gasteiger partial charge in [-0.2, -0.15) is 30.7 Å². The predicted molar refractivity (Wildman–Crippen MR) is 133 cm³/mol. The number of carbonyl (C=O) groups excluding carboxylic acids is 2. The first-order valence-electron chi connectivity index (χ1n) is 12.4. The van der Waals surface area contributed by atoms with Gasteiger partial charge in [-0.25, -0.2) is 18.4 Å². The van der Waals surface area contributed by atoms with Gasteiger partial charge < -0.3 is 20.1 Å².